The molecule has 1 atom stereocenters. The number of nitrogens with one attached hydrogen (secondary N) is 1. The summed E-state index contributed by atoms with van der Waals surface area (Å²) in [6.45, 7) is 0. The Balaban J connectivity index is 2.28. The topological polar surface area (TPSA) is 38.0 Å². The van der Waals surface area contributed by atoms with Gasteiger partial charge in [-0.15, -0.1) is 0 Å². The number of nitrogens with two attached hydrogens (primary N) is 1. The van der Waals surface area contributed by atoms with Gasteiger partial charge in [-0.05, 0) is 42.5 Å². The molecule has 0 aliphatic heterocycles. The minimum atomic E-state index is -0.212. The van der Waals surface area contributed by atoms with Crippen LogP contribution < -0.4 is 11.3 Å². The molecule has 1 unspecified atom stereocenters. The Morgan fingerprint density at radius 3 is 2.69 bits per heavy atom. The molecule has 1 aliphatic rings. The molecule has 1 saturated carbocycles. The summed E-state index contributed by atoms with van der Waals surface area (Å²) < 4.78 is 14.2. The van der Waals surface area contributed by atoms with Gasteiger partial charge in [-0.3, -0.25) is 11.3 Å². The number of halogens is 2. The minimum absolute atomic E-state index is 0.0487. The second-order valence-corrected chi connectivity index (χ2v) is 5.21. The summed E-state index contributed by atoms with van der Waals surface area (Å²) in [5, 5.41) is 0. The van der Waals surface area contributed by atoms with Crippen LogP contribution in [-0.2, 0) is 0 Å². The molecule has 2 nitrogen and oxygen atoms in total. The van der Waals surface area contributed by atoms with Crippen molar-refractivity contribution in [1.29, 1.82) is 0 Å². The van der Waals surface area contributed by atoms with Gasteiger partial charge < -0.3 is 0 Å². The summed E-state index contributed by atoms with van der Waals surface area (Å²) in [7, 11) is 0. The Bertz CT molecular complexity index is 364. The fourth-order valence-corrected chi connectivity index (χ4v) is 3.02. The molecule has 0 saturated heterocycles. The average Bonchev–Trinajstić information content (AvgIpc) is 2.78. The first kappa shape index (κ1) is 12.0. The van der Waals surface area contributed by atoms with Crippen molar-refractivity contribution in [3.63, 3.8) is 0 Å². The molecule has 0 radical (unpaired) electrons. The van der Waals surface area contributed by atoms with Crippen molar-refractivity contribution in [3.05, 3.63) is 34.1 Å². The predicted octanol–water partition coefficient (Wildman–Crippen LogP) is 3.28. The Kier molecular flexibility index (Phi) is 3.95. The number of hydrazine groups is 1. The van der Waals surface area contributed by atoms with Gasteiger partial charge in [0.05, 0.1) is 0 Å². The summed E-state index contributed by atoms with van der Waals surface area (Å²) in [5.74, 6) is 5.92. The van der Waals surface area contributed by atoms with Crippen molar-refractivity contribution in [2.45, 2.75) is 31.7 Å². The number of benzene rings is 1. The lowest BCUT2D eigenvalue weighted by Crippen LogP contribution is -2.33. The van der Waals surface area contributed by atoms with E-state index in [2.05, 4.69) is 21.4 Å². The highest BCUT2D eigenvalue weighted by molar-refractivity contribution is 9.10. The monoisotopic (exact) mass is 286 g/mol. The molecule has 2 rings (SSSR count). The standard InChI is InChI=1S/C12H16BrFN2/c13-11-6-5-9(14)7-10(11)12(16-15)8-3-1-2-4-8/h5-8,12,16H,1-4,15H2. The normalized spacial score (nSPS) is 18.9. The molecule has 1 aromatic carbocycles. The summed E-state index contributed by atoms with van der Waals surface area (Å²) in [6, 6.07) is 4.81. The van der Waals surface area contributed by atoms with Crippen LogP contribution in [0.3, 0.4) is 0 Å². The molecule has 0 spiro atoms. The Labute approximate surface area is 104 Å². The molecule has 1 aliphatic carbocycles. The van der Waals surface area contributed by atoms with Gasteiger partial charge >= 0.3 is 0 Å². The van der Waals surface area contributed by atoms with Crippen LogP contribution >= 0.6 is 15.9 Å². The lowest BCUT2D eigenvalue weighted by Gasteiger charge is -2.24. The second kappa shape index (κ2) is 5.25. The number of rotatable bonds is 3. The van der Waals surface area contributed by atoms with Gasteiger partial charge in [0.25, 0.3) is 0 Å². The molecule has 0 aromatic heterocycles. The SMILES string of the molecule is NNC(c1cc(F)ccc1Br)C1CCCC1. The van der Waals surface area contributed by atoms with Crippen molar-refractivity contribution >= 4 is 15.9 Å². The van der Waals surface area contributed by atoms with Crippen LogP contribution in [0.4, 0.5) is 4.39 Å². The third-order valence-corrected chi connectivity index (χ3v) is 4.07. The Morgan fingerprint density at radius 2 is 2.06 bits per heavy atom. The zero-order valence-electron chi connectivity index (χ0n) is 9.05. The Hall–Kier alpha value is -0.450. The summed E-state index contributed by atoms with van der Waals surface area (Å²) >= 11 is 3.46. The molecule has 3 N–H and O–H groups in total. The lowest BCUT2D eigenvalue weighted by atomic mass is 9.92. The number of hydrogen-bond donors (Lipinski definition) is 2. The molecule has 0 heterocycles. The van der Waals surface area contributed by atoms with E-state index in [1.807, 2.05) is 0 Å². The summed E-state index contributed by atoms with van der Waals surface area (Å²) in [5.41, 5.74) is 3.76. The Morgan fingerprint density at radius 1 is 1.38 bits per heavy atom. The largest absolute Gasteiger partial charge is 0.271 e. The average molecular weight is 287 g/mol. The van der Waals surface area contributed by atoms with Crippen LogP contribution in [0.15, 0.2) is 22.7 Å². The maximum absolute atomic E-state index is 13.2. The van der Waals surface area contributed by atoms with Crippen molar-refractivity contribution in [3.8, 4) is 0 Å². The van der Waals surface area contributed by atoms with Gasteiger partial charge in [-0.2, -0.15) is 0 Å². The summed E-state index contributed by atoms with van der Waals surface area (Å²) in [6.07, 6.45) is 4.82. The molecule has 0 bridgehead atoms. The van der Waals surface area contributed by atoms with E-state index in [0.29, 0.717) is 5.92 Å². The van der Waals surface area contributed by atoms with Crippen LogP contribution in [0.25, 0.3) is 0 Å². The van der Waals surface area contributed by atoms with E-state index < -0.39 is 0 Å². The van der Waals surface area contributed by atoms with Crippen LogP contribution in [0, 0.1) is 11.7 Å². The van der Waals surface area contributed by atoms with Crippen molar-refractivity contribution < 1.29 is 4.39 Å². The van der Waals surface area contributed by atoms with Crippen LogP contribution in [0.2, 0.25) is 0 Å². The van der Waals surface area contributed by atoms with E-state index in [9.17, 15) is 4.39 Å². The first-order chi connectivity index (χ1) is 7.72. The minimum Gasteiger partial charge on any atom is -0.271 e. The highest BCUT2D eigenvalue weighted by atomic mass is 79.9. The maximum atomic E-state index is 13.2. The zero-order chi connectivity index (χ0) is 11.5. The molecular formula is C12H16BrFN2. The van der Waals surface area contributed by atoms with Crippen LogP contribution in [0.1, 0.15) is 37.3 Å². The molecule has 0 amide bonds. The first-order valence-electron chi connectivity index (χ1n) is 5.63. The number of hydrogen-bond acceptors (Lipinski definition) is 2. The van der Waals surface area contributed by atoms with Gasteiger partial charge in [0.15, 0.2) is 0 Å². The second-order valence-electron chi connectivity index (χ2n) is 4.35. The summed E-state index contributed by atoms with van der Waals surface area (Å²) in [4.78, 5) is 0. The van der Waals surface area contributed by atoms with E-state index in [0.717, 1.165) is 22.9 Å². The molecule has 16 heavy (non-hydrogen) atoms. The first-order valence-corrected chi connectivity index (χ1v) is 6.42. The van der Waals surface area contributed by atoms with Crippen molar-refractivity contribution in [2.24, 2.45) is 11.8 Å². The highest BCUT2D eigenvalue weighted by Crippen LogP contribution is 2.37. The van der Waals surface area contributed by atoms with E-state index in [-0.39, 0.29) is 11.9 Å². The maximum Gasteiger partial charge on any atom is 0.123 e. The molecular weight excluding hydrogens is 271 g/mol. The fourth-order valence-electron chi connectivity index (χ4n) is 2.52. The van der Waals surface area contributed by atoms with Gasteiger partial charge in [0.1, 0.15) is 5.82 Å². The van der Waals surface area contributed by atoms with Gasteiger partial charge in [0, 0.05) is 10.5 Å². The molecule has 4 heteroatoms. The zero-order valence-corrected chi connectivity index (χ0v) is 10.6. The van der Waals surface area contributed by atoms with Gasteiger partial charge in [-0.25, -0.2) is 4.39 Å². The smallest absolute Gasteiger partial charge is 0.123 e. The third kappa shape index (κ3) is 2.44. The van der Waals surface area contributed by atoms with E-state index in [1.165, 1.54) is 18.9 Å². The van der Waals surface area contributed by atoms with Crippen molar-refractivity contribution in [1.82, 2.24) is 5.43 Å². The van der Waals surface area contributed by atoms with E-state index in [1.54, 1.807) is 12.1 Å². The van der Waals surface area contributed by atoms with Crippen molar-refractivity contribution in [2.75, 3.05) is 0 Å². The van der Waals surface area contributed by atoms with Crippen LogP contribution in [0.5, 0.6) is 0 Å². The highest BCUT2D eigenvalue weighted by Gasteiger charge is 2.26. The predicted molar refractivity (Wildman–Crippen MR) is 66.1 cm³/mol. The van der Waals surface area contributed by atoms with Crippen LogP contribution in [-0.4, -0.2) is 0 Å². The molecule has 1 aromatic rings. The van der Waals surface area contributed by atoms with E-state index >= 15 is 0 Å². The molecule has 1 fully saturated rings. The van der Waals surface area contributed by atoms with E-state index in [4.69, 9.17) is 5.84 Å². The quantitative estimate of drug-likeness (QED) is 0.661. The van der Waals surface area contributed by atoms with Gasteiger partial charge in [0.2, 0.25) is 0 Å². The third-order valence-electron chi connectivity index (χ3n) is 3.34. The molecule has 88 valence electrons. The van der Waals surface area contributed by atoms with Gasteiger partial charge in [-0.1, -0.05) is 28.8 Å². The lowest BCUT2D eigenvalue weighted by molar-refractivity contribution is 0.371. The fraction of sp³-hybridized carbons (Fsp3) is 0.500.